The smallest absolute Gasteiger partial charge is 0.194 e. The molecule has 0 spiro atoms. The summed E-state index contributed by atoms with van der Waals surface area (Å²) in [5.74, 6) is 0.863. The lowest BCUT2D eigenvalue weighted by Gasteiger charge is -2.08. The second kappa shape index (κ2) is 5.42. The van der Waals surface area contributed by atoms with Gasteiger partial charge in [0, 0.05) is 12.0 Å². The van der Waals surface area contributed by atoms with Gasteiger partial charge < -0.3 is 14.6 Å². The molecule has 1 aliphatic rings. The number of aromatic nitrogens is 1. The topological polar surface area (TPSA) is 51.6 Å². The van der Waals surface area contributed by atoms with Crippen molar-refractivity contribution in [2.24, 2.45) is 0 Å². The monoisotopic (exact) mass is 291 g/mol. The summed E-state index contributed by atoms with van der Waals surface area (Å²) in [6.45, 7) is 4.71. The molecule has 1 aromatic heterocycles. The molecule has 0 unspecified atom stereocenters. The van der Waals surface area contributed by atoms with Gasteiger partial charge in [-0.2, -0.15) is 0 Å². The van der Waals surface area contributed by atoms with E-state index in [0.29, 0.717) is 6.61 Å². The molecule has 0 fully saturated rings. The first kappa shape index (κ1) is 13.4. The predicted octanol–water partition coefficient (Wildman–Crippen LogP) is 3.02. The second-order valence-corrected chi connectivity index (χ2v) is 5.98. The standard InChI is InChI=1S/C15H17NO3S/c1-9(2)19-13-7-16-15(20-13)12-4-3-10(8-17)11-5-6-18-14(11)12/h3-4,7,9,17H,5-6,8H2,1-2H3. The SMILES string of the molecule is CC(C)Oc1cnc(-c2ccc(CO)c3c2OCC3)s1. The van der Waals surface area contributed by atoms with Crippen molar-refractivity contribution in [2.75, 3.05) is 6.61 Å². The fraction of sp³-hybridized carbons (Fsp3) is 0.400. The first-order valence-corrected chi connectivity index (χ1v) is 7.52. The summed E-state index contributed by atoms with van der Waals surface area (Å²) in [7, 11) is 0. The minimum absolute atomic E-state index is 0.0472. The lowest BCUT2D eigenvalue weighted by molar-refractivity contribution is 0.249. The number of thiazole rings is 1. The number of rotatable bonds is 4. The van der Waals surface area contributed by atoms with Crippen molar-refractivity contribution in [2.45, 2.75) is 33.0 Å². The molecule has 3 rings (SSSR count). The Labute approximate surface area is 122 Å². The van der Waals surface area contributed by atoms with Gasteiger partial charge in [-0.15, -0.1) is 0 Å². The van der Waals surface area contributed by atoms with Crippen molar-refractivity contribution < 1.29 is 14.6 Å². The van der Waals surface area contributed by atoms with Crippen LogP contribution in [0, 0.1) is 0 Å². The fourth-order valence-electron chi connectivity index (χ4n) is 2.35. The van der Waals surface area contributed by atoms with Crippen LogP contribution in [0.3, 0.4) is 0 Å². The van der Waals surface area contributed by atoms with Crippen LogP contribution in [0.25, 0.3) is 10.6 Å². The van der Waals surface area contributed by atoms with Crippen molar-refractivity contribution in [1.29, 1.82) is 0 Å². The number of benzene rings is 1. The van der Waals surface area contributed by atoms with Crippen molar-refractivity contribution in [3.8, 4) is 21.4 Å². The molecular weight excluding hydrogens is 274 g/mol. The minimum Gasteiger partial charge on any atom is -0.492 e. The van der Waals surface area contributed by atoms with Crippen LogP contribution in [0.5, 0.6) is 10.8 Å². The summed E-state index contributed by atoms with van der Waals surface area (Å²) >= 11 is 1.52. The third-order valence-corrected chi connectivity index (χ3v) is 4.11. The number of hydrogen-bond acceptors (Lipinski definition) is 5. The predicted molar refractivity (Wildman–Crippen MR) is 78.4 cm³/mol. The highest BCUT2D eigenvalue weighted by Gasteiger charge is 2.22. The van der Waals surface area contributed by atoms with Gasteiger partial charge in [-0.1, -0.05) is 17.4 Å². The minimum atomic E-state index is 0.0472. The van der Waals surface area contributed by atoms with Gasteiger partial charge in [0.15, 0.2) is 5.06 Å². The Morgan fingerprint density at radius 3 is 3.05 bits per heavy atom. The van der Waals surface area contributed by atoms with Gasteiger partial charge in [0.1, 0.15) is 10.8 Å². The van der Waals surface area contributed by atoms with Gasteiger partial charge in [-0.3, -0.25) is 0 Å². The second-order valence-electron chi connectivity index (χ2n) is 4.99. The number of aliphatic hydroxyl groups excluding tert-OH is 1. The van der Waals surface area contributed by atoms with E-state index in [2.05, 4.69) is 4.98 Å². The molecule has 0 saturated carbocycles. The molecule has 0 bridgehead atoms. The van der Waals surface area contributed by atoms with Gasteiger partial charge in [-0.25, -0.2) is 4.98 Å². The van der Waals surface area contributed by atoms with E-state index < -0.39 is 0 Å². The van der Waals surface area contributed by atoms with E-state index in [9.17, 15) is 5.11 Å². The molecule has 106 valence electrons. The summed E-state index contributed by atoms with van der Waals surface area (Å²) in [6, 6.07) is 3.92. The number of hydrogen-bond donors (Lipinski definition) is 1. The Morgan fingerprint density at radius 2 is 2.30 bits per heavy atom. The molecule has 0 atom stereocenters. The Morgan fingerprint density at radius 1 is 1.45 bits per heavy atom. The van der Waals surface area contributed by atoms with Crippen molar-refractivity contribution in [3.63, 3.8) is 0 Å². The summed E-state index contributed by atoms with van der Waals surface area (Å²) in [4.78, 5) is 4.42. The molecular formula is C15H17NO3S. The molecule has 20 heavy (non-hydrogen) atoms. The maximum Gasteiger partial charge on any atom is 0.194 e. The van der Waals surface area contributed by atoms with Crippen LogP contribution in [0.15, 0.2) is 18.3 Å². The number of ether oxygens (including phenoxy) is 2. The average molecular weight is 291 g/mol. The normalized spacial score (nSPS) is 13.4. The van der Waals surface area contributed by atoms with Crippen LogP contribution in [-0.2, 0) is 13.0 Å². The Kier molecular flexibility index (Phi) is 3.63. The van der Waals surface area contributed by atoms with Crippen LogP contribution in [0.1, 0.15) is 25.0 Å². The van der Waals surface area contributed by atoms with E-state index in [1.165, 1.54) is 11.3 Å². The van der Waals surface area contributed by atoms with Crippen LogP contribution < -0.4 is 9.47 Å². The van der Waals surface area contributed by atoms with Crippen molar-refractivity contribution >= 4 is 11.3 Å². The van der Waals surface area contributed by atoms with E-state index in [1.807, 2.05) is 26.0 Å². The molecule has 4 nitrogen and oxygen atoms in total. The summed E-state index contributed by atoms with van der Waals surface area (Å²) in [6.07, 6.45) is 2.74. The lowest BCUT2D eigenvalue weighted by atomic mass is 10.0. The Balaban J connectivity index is 1.98. The largest absolute Gasteiger partial charge is 0.492 e. The van der Waals surface area contributed by atoms with E-state index in [4.69, 9.17) is 9.47 Å². The maximum atomic E-state index is 9.38. The lowest BCUT2D eigenvalue weighted by Crippen LogP contribution is -2.03. The molecule has 2 aromatic rings. The summed E-state index contributed by atoms with van der Waals surface area (Å²) in [5, 5.41) is 11.1. The molecule has 0 saturated heterocycles. The van der Waals surface area contributed by atoms with E-state index in [-0.39, 0.29) is 12.7 Å². The highest BCUT2D eigenvalue weighted by molar-refractivity contribution is 7.16. The zero-order chi connectivity index (χ0) is 14.1. The molecule has 1 aliphatic heterocycles. The molecule has 2 heterocycles. The van der Waals surface area contributed by atoms with E-state index >= 15 is 0 Å². The summed E-state index contributed by atoms with van der Waals surface area (Å²) < 4.78 is 11.4. The Bertz CT molecular complexity index is 622. The molecule has 0 aliphatic carbocycles. The average Bonchev–Trinajstić information content (AvgIpc) is 3.05. The Hall–Kier alpha value is -1.59. The zero-order valence-electron chi connectivity index (χ0n) is 11.5. The summed E-state index contributed by atoms with van der Waals surface area (Å²) in [5.41, 5.74) is 3.03. The molecule has 0 amide bonds. The van der Waals surface area contributed by atoms with Gasteiger partial charge in [0.25, 0.3) is 0 Å². The van der Waals surface area contributed by atoms with E-state index in [1.54, 1.807) is 6.20 Å². The number of fused-ring (bicyclic) bond motifs is 1. The zero-order valence-corrected chi connectivity index (χ0v) is 12.4. The highest BCUT2D eigenvalue weighted by atomic mass is 32.1. The van der Waals surface area contributed by atoms with Crippen molar-refractivity contribution in [3.05, 3.63) is 29.5 Å². The quantitative estimate of drug-likeness (QED) is 0.940. The molecule has 1 aromatic carbocycles. The van der Waals surface area contributed by atoms with Gasteiger partial charge in [-0.05, 0) is 25.5 Å². The van der Waals surface area contributed by atoms with Crippen molar-refractivity contribution in [1.82, 2.24) is 4.98 Å². The fourth-order valence-corrected chi connectivity index (χ4v) is 3.26. The first-order valence-electron chi connectivity index (χ1n) is 6.70. The van der Waals surface area contributed by atoms with Gasteiger partial charge in [0.2, 0.25) is 0 Å². The van der Waals surface area contributed by atoms with Crippen LogP contribution in [0.2, 0.25) is 0 Å². The number of nitrogens with zero attached hydrogens (tertiary/aromatic N) is 1. The first-order chi connectivity index (χ1) is 9.69. The van der Waals surface area contributed by atoms with Crippen LogP contribution >= 0.6 is 11.3 Å². The molecule has 1 N–H and O–H groups in total. The van der Waals surface area contributed by atoms with E-state index in [0.717, 1.165) is 38.9 Å². The molecule has 0 radical (unpaired) electrons. The van der Waals surface area contributed by atoms with Crippen LogP contribution in [-0.4, -0.2) is 22.8 Å². The number of aliphatic hydroxyl groups is 1. The van der Waals surface area contributed by atoms with Crippen LogP contribution in [0.4, 0.5) is 0 Å². The third kappa shape index (κ3) is 2.39. The highest BCUT2D eigenvalue weighted by Crippen LogP contribution is 2.41. The molecule has 5 heteroatoms. The maximum absolute atomic E-state index is 9.38. The van der Waals surface area contributed by atoms with Gasteiger partial charge >= 0.3 is 0 Å². The third-order valence-electron chi connectivity index (χ3n) is 3.19. The van der Waals surface area contributed by atoms with Gasteiger partial charge in [0.05, 0.1) is 31.1 Å².